The van der Waals surface area contributed by atoms with Crippen molar-refractivity contribution in [2.75, 3.05) is 5.32 Å². The number of aromatic nitrogens is 2. The lowest BCUT2D eigenvalue weighted by atomic mass is 9.82. The first-order valence-corrected chi connectivity index (χ1v) is 10.7. The number of alkyl halides is 3. The van der Waals surface area contributed by atoms with E-state index in [4.69, 9.17) is 0 Å². The Balaban J connectivity index is 1.60. The molecule has 0 aliphatic heterocycles. The summed E-state index contributed by atoms with van der Waals surface area (Å²) in [5.74, 6) is 0.177. The van der Waals surface area contributed by atoms with E-state index in [9.17, 15) is 18.3 Å². The maximum Gasteiger partial charge on any atom is 0.416 e. The van der Waals surface area contributed by atoms with Crippen LogP contribution in [0.1, 0.15) is 23.2 Å². The van der Waals surface area contributed by atoms with Crippen molar-refractivity contribution in [2.45, 2.75) is 18.1 Å². The van der Waals surface area contributed by atoms with Crippen LogP contribution < -0.4 is 5.32 Å². The first-order chi connectivity index (χ1) is 16.3. The highest BCUT2D eigenvalue weighted by Crippen LogP contribution is 2.40. The number of aromatic hydroxyl groups is 1. The molecule has 0 radical (unpaired) electrons. The second-order valence-electron chi connectivity index (χ2n) is 8.20. The number of allylic oxidation sites excluding steroid dienone is 2. The minimum Gasteiger partial charge on any atom is -0.508 e. The number of hydrogen-bond acceptors (Lipinski definition) is 4. The number of hydrogen-bond donors (Lipinski definition) is 2. The zero-order chi connectivity index (χ0) is 23.8. The molecule has 0 bridgehead atoms. The van der Waals surface area contributed by atoms with Crippen molar-refractivity contribution < 1.29 is 18.3 Å². The molecule has 170 valence electrons. The zero-order valence-electron chi connectivity index (χ0n) is 17.9. The lowest BCUT2D eigenvalue weighted by molar-refractivity contribution is -0.137. The Labute approximate surface area is 194 Å². The molecule has 0 amide bonds. The SMILES string of the molecule is Oc1ccc(C2=CCC(Nc3cccc(C(F)(F)F)c3)(c3nncc4ccccc34)C=C2)cc1. The van der Waals surface area contributed by atoms with Gasteiger partial charge in [-0.2, -0.15) is 23.4 Å². The van der Waals surface area contributed by atoms with Crippen LogP contribution in [-0.4, -0.2) is 15.3 Å². The molecule has 2 N–H and O–H groups in total. The zero-order valence-corrected chi connectivity index (χ0v) is 17.9. The monoisotopic (exact) mass is 459 g/mol. The average molecular weight is 459 g/mol. The molecular formula is C27H20F3N3O. The first-order valence-electron chi connectivity index (χ1n) is 10.7. The summed E-state index contributed by atoms with van der Waals surface area (Å²) in [6, 6.07) is 19.7. The van der Waals surface area contributed by atoms with Crippen LogP contribution in [0.2, 0.25) is 0 Å². The molecule has 0 saturated carbocycles. The van der Waals surface area contributed by atoms with Gasteiger partial charge in [-0.25, -0.2) is 0 Å². The number of fused-ring (bicyclic) bond motifs is 1. The van der Waals surface area contributed by atoms with Gasteiger partial charge in [0.25, 0.3) is 0 Å². The molecule has 4 nitrogen and oxygen atoms in total. The molecule has 0 fully saturated rings. The maximum atomic E-state index is 13.3. The lowest BCUT2D eigenvalue weighted by Crippen LogP contribution is -2.35. The number of rotatable bonds is 4. The van der Waals surface area contributed by atoms with Crippen molar-refractivity contribution in [3.63, 3.8) is 0 Å². The molecule has 5 rings (SSSR count). The van der Waals surface area contributed by atoms with Crippen molar-refractivity contribution in [3.05, 3.63) is 114 Å². The van der Waals surface area contributed by atoms with Gasteiger partial charge in [-0.15, -0.1) is 0 Å². The van der Waals surface area contributed by atoms with Crippen LogP contribution in [0.25, 0.3) is 16.3 Å². The van der Waals surface area contributed by atoms with Gasteiger partial charge in [0.05, 0.1) is 11.8 Å². The number of nitrogens with one attached hydrogen (secondary N) is 1. The highest BCUT2D eigenvalue weighted by atomic mass is 19.4. The van der Waals surface area contributed by atoms with E-state index < -0.39 is 17.3 Å². The van der Waals surface area contributed by atoms with E-state index in [1.165, 1.54) is 6.07 Å². The van der Waals surface area contributed by atoms with Gasteiger partial charge in [-0.3, -0.25) is 0 Å². The second kappa shape index (κ2) is 8.33. The van der Waals surface area contributed by atoms with Crippen molar-refractivity contribution in [3.8, 4) is 5.75 Å². The molecule has 1 aliphatic carbocycles. The predicted molar refractivity (Wildman–Crippen MR) is 126 cm³/mol. The fourth-order valence-electron chi connectivity index (χ4n) is 4.22. The quantitative estimate of drug-likeness (QED) is 0.356. The van der Waals surface area contributed by atoms with Gasteiger partial charge in [0.15, 0.2) is 0 Å². The molecule has 1 aromatic heterocycles. The smallest absolute Gasteiger partial charge is 0.416 e. The molecule has 4 aromatic rings. The summed E-state index contributed by atoms with van der Waals surface area (Å²) in [6.07, 6.45) is 3.50. The van der Waals surface area contributed by atoms with Gasteiger partial charge >= 0.3 is 6.18 Å². The van der Waals surface area contributed by atoms with Crippen molar-refractivity contribution in [2.24, 2.45) is 0 Å². The highest BCUT2D eigenvalue weighted by molar-refractivity contribution is 5.86. The lowest BCUT2D eigenvalue weighted by Gasteiger charge is -2.34. The Kier molecular flexibility index (Phi) is 5.32. The number of benzene rings is 3. The maximum absolute atomic E-state index is 13.3. The van der Waals surface area contributed by atoms with Crippen LogP contribution >= 0.6 is 0 Å². The molecular weight excluding hydrogens is 439 g/mol. The molecule has 0 saturated heterocycles. The molecule has 3 aromatic carbocycles. The molecule has 1 aliphatic rings. The van der Waals surface area contributed by atoms with E-state index in [1.54, 1.807) is 24.4 Å². The number of phenolic OH excluding ortho intramolecular Hbond substituents is 1. The van der Waals surface area contributed by atoms with Gasteiger partial charge in [0, 0.05) is 16.5 Å². The van der Waals surface area contributed by atoms with E-state index in [1.807, 2.05) is 54.6 Å². The second-order valence-corrected chi connectivity index (χ2v) is 8.20. The first kappa shape index (κ1) is 21.7. The highest BCUT2D eigenvalue weighted by Gasteiger charge is 2.36. The Hall–Kier alpha value is -4.13. The molecule has 34 heavy (non-hydrogen) atoms. The summed E-state index contributed by atoms with van der Waals surface area (Å²) in [7, 11) is 0. The van der Waals surface area contributed by atoms with Crippen molar-refractivity contribution >= 4 is 22.0 Å². The number of halogens is 3. The topological polar surface area (TPSA) is 58.0 Å². The van der Waals surface area contributed by atoms with E-state index in [-0.39, 0.29) is 5.75 Å². The Morgan fingerprint density at radius 3 is 2.47 bits per heavy atom. The van der Waals surface area contributed by atoms with Crippen LogP contribution in [0.15, 0.2) is 97.2 Å². The van der Waals surface area contributed by atoms with Crippen LogP contribution in [0.4, 0.5) is 18.9 Å². The third-order valence-corrected chi connectivity index (χ3v) is 5.94. The average Bonchev–Trinajstić information content (AvgIpc) is 2.84. The fourth-order valence-corrected chi connectivity index (χ4v) is 4.22. The van der Waals surface area contributed by atoms with Crippen LogP contribution in [-0.2, 0) is 11.7 Å². The largest absolute Gasteiger partial charge is 0.508 e. The summed E-state index contributed by atoms with van der Waals surface area (Å²) in [5.41, 5.74) is 1.17. The molecule has 0 spiro atoms. The van der Waals surface area contributed by atoms with E-state index in [2.05, 4.69) is 15.5 Å². The van der Waals surface area contributed by atoms with Gasteiger partial charge < -0.3 is 10.4 Å². The third-order valence-electron chi connectivity index (χ3n) is 5.94. The van der Waals surface area contributed by atoms with E-state index in [0.717, 1.165) is 34.0 Å². The van der Waals surface area contributed by atoms with Gasteiger partial charge in [-0.1, -0.05) is 60.7 Å². The van der Waals surface area contributed by atoms with E-state index >= 15 is 0 Å². The number of nitrogens with zero attached hydrogens (tertiary/aromatic N) is 2. The third kappa shape index (κ3) is 4.12. The number of phenols is 1. The summed E-state index contributed by atoms with van der Waals surface area (Å²) in [4.78, 5) is 0. The van der Waals surface area contributed by atoms with Crippen LogP contribution in [0.5, 0.6) is 5.75 Å². The Morgan fingerprint density at radius 1 is 0.941 bits per heavy atom. The summed E-state index contributed by atoms with van der Waals surface area (Å²) in [5, 5.41) is 23.3. The van der Waals surface area contributed by atoms with Crippen LogP contribution in [0, 0.1) is 0 Å². The van der Waals surface area contributed by atoms with Gasteiger partial charge in [0.2, 0.25) is 0 Å². The summed E-state index contributed by atoms with van der Waals surface area (Å²) >= 11 is 0. The van der Waals surface area contributed by atoms with E-state index in [0.29, 0.717) is 17.8 Å². The standard InChI is InChI=1S/C27H20F3N3O/c28-27(29,30)21-5-3-6-22(16-21)32-26(25-24-7-2-1-4-20(24)17-31-33-25)14-12-19(13-15-26)18-8-10-23(34)11-9-18/h1-14,16-17,32,34H,15H2. The molecule has 1 atom stereocenters. The minimum atomic E-state index is -4.45. The fraction of sp³-hybridized carbons (Fsp3) is 0.111. The molecule has 1 unspecified atom stereocenters. The number of anilines is 1. The van der Waals surface area contributed by atoms with Gasteiger partial charge in [0.1, 0.15) is 17.0 Å². The Morgan fingerprint density at radius 2 is 1.74 bits per heavy atom. The minimum absolute atomic E-state index is 0.177. The predicted octanol–water partition coefficient (Wildman–Crippen LogP) is 6.71. The van der Waals surface area contributed by atoms with Crippen molar-refractivity contribution in [1.82, 2.24) is 10.2 Å². The normalized spacial score (nSPS) is 18.0. The molecule has 7 heteroatoms. The summed E-state index contributed by atoms with van der Waals surface area (Å²) in [6.45, 7) is 0. The molecule has 1 heterocycles. The Bertz CT molecular complexity index is 1410. The van der Waals surface area contributed by atoms with Gasteiger partial charge in [-0.05, 0) is 47.9 Å². The van der Waals surface area contributed by atoms with Crippen molar-refractivity contribution in [1.29, 1.82) is 0 Å². The van der Waals surface area contributed by atoms with Crippen LogP contribution in [0.3, 0.4) is 0 Å². The summed E-state index contributed by atoms with van der Waals surface area (Å²) < 4.78 is 40.0.